The van der Waals surface area contributed by atoms with Crippen molar-refractivity contribution in [1.29, 1.82) is 0 Å². The lowest BCUT2D eigenvalue weighted by atomic mass is 9.98. The van der Waals surface area contributed by atoms with Crippen LogP contribution >= 0.6 is 0 Å². The molecular weight excluding hydrogens is 286 g/mol. The lowest BCUT2D eigenvalue weighted by Gasteiger charge is -2.36. The third-order valence-corrected chi connectivity index (χ3v) is 5.71. The van der Waals surface area contributed by atoms with Gasteiger partial charge in [0, 0.05) is 25.2 Å². The number of nitrogens with zero attached hydrogens (tertiary/aromatic N) is 2. The van der Waals surface area contributed by atoms with Crippen molar-refractivity contribution in [2.24, 2.45) is 0 Å². The van der Waals surface area contributed by atoms with Gasteiger partial charge in [-0.2, -0.15) is 0 Å². The zero-order valence-corrected chi connectivity index (χ0v) is 14.5. The van der Waals surface area contributed by atoms with Gasteiger partial charge < -0.3 is 10.2 Å². The maximum atomic E-state index is 12.7. The van der Waals surface area contributed by atoms with E-state index in [1.165, 1.54) is 31.2 Å². The molecule has 0 spiro atoms. The smallest absolute Gasteiger partial charge is 0.236 e. The zero-order chi connectivity index (χ0) is 16.4. The number of hydrogen-bond acceptors (Lipinski definition) is 3. The number of rotatable bonds is 5. The van der Waals surface area contributed by atoms with Gasteiger partial charge in [0.15, 0.2) is 0 Å². The molecule has 1 aromatic rings. The van der Waals surface area contributed by atoms with Crippen molar-refractivity contribution in [3.05, 3.63) is 35.9 Å². The Kier molecular flexibility index (Phi) is 5.02. The van der Waals surface area contributed by atoms with E-state index in [1.54, 1.807) is 0 Å². The molecule has 1 N–H and O–H groups in total. The number of fused-ring (bicyclic) bond motifs is 2. The Morgan fingerprint density at radius 3 is 2.39 bits per heavy atom. The quantitative estimate of drug-likeness (QED) is 0.906. The molecule has 0 aliphatic carbocycles. The summed E-state index contributed by atoms with van der Waals surface area (Å²) in [5.41, 5.74) is 1.19. The van der Waals surface area contributed by atoms with E-state index < -0.39 is 0 Å². The van der Waals surface area contributed by atoms with E-state index in [0.717, 1.165) is 0 Å². The molecule has 2 heterocycles. The standard InChI is InChI=1S/C19H29N3O/c1-14(15-7-5-4-6-8-15)22(3)19(23)13-21(2)18-11-16-9-10-17(12-18)20-16/h4-8,14,16-18,20H,9-13H2,1-3H3. The van der Waals surface area contributed by atoms with E-state index in [1.807, 2.05) is 30.1 Å². The topological polar surface area (TPSA) is 35.6 Å². The molecule has 4 nitrogen and oxygen atoms in total. The summed E-state index contributed by atoms with van der Waals surface area (Å²) < 4.78 is 0. The Bertz CT molecular complexity index is 521. The summed E-state index contributed by atoms with van der Waals surface area (Å²) in [6.07, 6.45) is 4.96. The molecule has 0 aromatic heterocycles. The Balaban J connectivity index is 1.55. The van der Waals surface area contributed by atoms with Gasteiger partial charge in [0.05, 0.1) is 12.6 Å². The summed E-state index contributed by atoms with van der Waals surface area (Å²) in [4.78, 5) is 16.8. The van der Waals surface area contributed by atoms with Gasteiger partial charge in [0.2, 0.25) is 5.91 Å². The van der Waals surface area contributed by atoms with E-state index in [-0.39, 0.29) is 11.9 Å². The molecule has 126 valence electrons. The van der Waals surface area contributed by atoms with E-state index in [9.17, 15) is 4.79 Å². The van der Waals surface area contributed by atoms with Crippen molar-refractivity contribution in [2.45, 2.75) is 56.8 Å². The van der Waals surface area contributed by atoms with Crippen molar-refractivity contribution in [3.8, 4) is 0 Å². The van der Waals surface area contributed by atoms with Gasteiger partial charge in [-0.25, -0.2) is 0 Å². The van der Waals surface area contributed by atoms with Crippen LogP contribution in [0.1, 0.15) is 44.2 Å². The Morgan fingerprint density at radius 2 is 1.78 bits per heavy atom. The number of amides is 1. The first kappa shape index (κ1) is 16.5. The Hall–Kier alpha value is -1.39. The lowest BCUT2D eigenvalue weighted by Crippen LogP contribution is -2.49. The van der Waals surface area contributed by atoms with Crippen molar-refractivity contribution in [3.63, 3.8) is 0 Å². The van der Waals surface area contributed by atoms with Crippen LogP contribution in [0.3, 0.4) is 0 Å². The number of hydrogen-bond donors (Lipinski definition) is 1. The SMILES string of the molecule is CC(c1ccccc1)N(C)C(=O)CN(C)C1CC2CCC(C1)N2. The molecule has 3 atom stereocenters. The molecule has 0 radical (unpaired) electrons. The third kappa shape index (κ3) is 3.75. The maximum absolute atomic E-state index is 12.7. The Labute approximate surface area is 139 Å². The number of carbonyl (C=O) groups is 1. The van der Waals surface area contributed by atoms with E-state index in [4.69, 9.17) is 0 Å². The minimum Gasteiger partial charge on any atom is -0.338 e. The molecule has 2 saturated heterocycles. The normalized spacial score (nSPS) is 27.9. The van der Waals surface area contributed by atoms with Crippen LogP contribution in [0.15, 0.2) is 30.3 Å². The molecule has 2 aliphatic heterocycles. The molecule has 23 heavy (non-hydrogen) atoms. The van der Waals surface area contributed by atoms with Crippen molar-refractivity contribution in [1.82, 2.24) is 15.1 Å². The number of carbonyl (C=O) groups excluding carboxylic acids is 1. The van der Waals surface area contributed by atoms with Crippen molar-refractivity contribution >= 4 is 5.91 Å². The molecule has 3 unspecified atom stereocenters. The summed E-state index contributed by atoms with van der Waals surface area (Å²) in [6.45, 7) is 2.61. The molecule has 2 bridgehead atoms. The highest BCUT2D eigenvalue weighted by Crippen LogP contribution is 2.29. The third-order valence-electron chi connectivity index (χ3n) is 5.71. The van der Waals surface area contributed by atoms with Gasteiger partial charge in [-0.1, -0.05) is 30.3 Å². The zero-order valence-electron chi connectivity index (χ0n) is 14.5. The van der Waals surface area contributed by atoms with Gasteiger partial charge in [-0.15, -0.1) is 0 Å². The average Bonchev–Trinajstić information content (AvgIpc) is 2.92. The van der Waals surface area contributed by atoms with Crippen molar-refractivity contribution in [2.75, 3.05) is 20.6 Å². The van der Waals surface area contributed by atoms with Crippen LogP contribution < -0.4 is 5.32 Å². The lowest BCUT2D eigenvalue weighted by molar-refractivity contribution is -0.133. The fraction of sp³-hybridized carbons (Fsp3) is 0.632. The fourth-order valence-electron chi connectivity index (χ4n) is 4.01. The Morgan fingerprint density at radius 1 is 1.17 bits per heavy atom. The van der Waals surface area contributed by atoms with E-state index >= 15 is 0 Å². The van der Waals surface area contributed by atoms with Crippen LogP contribution in [-0.2, 0) is 4.79 Å². The number of piperidine rings is 1. The first-order valence-electron chi connectivity index (χ1n) is 8.81. The summed E-state index contributed by atoms with van der Waals surface area (Å²) >= 11 is 0. The van der Waals surface area contributed by atoms with Gasteiger partial charge in [0.25, 0.3) is 0 Å². The van der Waals surface area contributed by atoms with Gasteiger partial charge >= 0.3 is 0 Å². The second-order valence-corrected chi connectivity index (χ2v) is 7.27. The number of likely N-dealkylation sites (N-methyl/N-ethyl adjacent to an activating group) is 2. The predicted octanol–water partition coefficient (Wildman–Crippen LogP) is 2.42. The predicted molar refractivity (Wildman–Crippen MR) is 93.2 cm³/mol. The van der Waals surface area contributed by atoms with Crippen LogP contribution in [0.4, 0.5) is 0 Å². The summed E-state index contributed by atoms with van der Waals surface area (Å²) in [5.74, 6) is 0.203. The largest absolute Gasteiger partial charge is 0.338 e. The monoisotopic (exact) mass is 315 g/mol. The highest BCUT2D eigenvalue weighted by atomic mass is 16.2. The molecular formula is C19H29N3O. The molecule has 2 aliphatic rings. The summed E-state index contributed by atoms with van der Waals surface area (Å²) in [6, 6.07) is 12.2. The average molecular weight is 315 g/mol. The van der Waals surface area contributed by atoms with Crippen LogP contribution in [0.2, 0.25) is 0 Å². The highest BCUT2D eigenvalue weighted by molar-refractivity contribution is 5.78. The van der Waals surface area contributed by atoms with Crippen LogP contribution in [0.5, 0.6) is 0 Å². The molecule has 1 aromatic carbocycles. The second-order valence-electron chi connectivity index (χ2n) is 7.27. The summed E-state index contributed by atoms with van der Waals surface area (Å²) in [5, 5.41) is 3.67. The highest BCUT2D eigenvalue weighted by Gasteiger charge is 2.35. The maximum Gasteiger partial charge on any atom is 0.236 e. The number of benzene rings is 1. The van der Waals surface area contributed by atoms with E-state index in [0.29, 0.717) is 24.7 Å². The second kappa shape index (κ2) is 7.02. The first-order chi connectivity index (χ1) is 11.0. The van der Waals surface area contributed by atoms with Gasteiger partial charge in [-0.3, -0.25) is 9.69 Å². The van der Waals surface area contributed by atoms with Crippen LogP contribution in [0, 0.1) is 0 Å². The van der Waals surface area contributed by atoms with Crippen molar-refractivity contribution < 1.29 is 4.79 Å². The van der Waals surface area contributed by atoms with Crippen LogP contribution in [0.25, 0.3) is 0 Å². The molecule has 2 fully saturated rings. The molecule has 4 heteroatoms. The van der Waals surface area contributed by atoms with Gasteiger partial charge in [-0.05, 0) is 45.2 Å². The minimum atomic E-state index is 0.112. The van der Waals surface area contributed by atoms with E-state index in [2.05, 4.69) is 36.3 Å². The van der Waals surface area contributed by atoms with Crippen LogP contribution in [-0.4, -0.2) is 54.5 Å². The van der Waals surface area contributed by atoms with Gasteiger partial charge in [0.1, 0.15) is 0 Å². The number of nitrogens with one attached hydrogen (secondary N) is 1. The fourth-order valence-corrected chi connectivity index (χ4v) is 4.01. The summed E-state index contributed by atoms with van der Waals surface area (Å²) in [7, 11) is 4.02. The molecule has 3 rings (SSSR count). The molecule has 0 saturated carbocycles. The molecule has 1 amide bonds. The minimum absolute atomic E-state index is 0.112. The first-order valence-corrected chi connectivity index (χ1v) is 8.81.